The van der Waals surface area contributed by atoms with Gasteiger partial charge >= 0.3 is 18.3 Å². The molecule has 0 saturated carbocycles. The highest BCUT2D eigenvalue weighted by molar-refractivity contribution is 6.08. The Hall–Kier alpha value is -3.50. The van der Waals surface area contributed by atoms with Crippen molar-refractivity contribution in [3.05, 3.63) is 57.2 Å². The van der Waals surface area contributed by atoms with Gasteiger partial charge in [0, 0.05) is 23.7 Å². The molecular weight excluding hydrogens is 468 g/mol. The second-order valence-corrected chi connectivity index (χ2v) is 7.75. The SMILES string of the molecule is CC(=O)Oc1c(C)c(C)c2c(c1C)C=C(C(=O)Nc1cc(C(F)(F)F)cc(C(F)(F)F)c1)CO2. The lowest BCUT2D eigenvalue weighted by Gasteiger charge is -2.24. The minimum absolute atomic E-state index is 0.0279. The topological polar surface area (TPSA) is 64.6 Å². The molecule has 0 aromatic heterocycles. The van der Waals surface area contributed by atoms with Crippen molar-refractivity contribution < 1.29 is 45.4 Å². The molecule has 2 aromatic rings. The van der Waals surface area contributed by atoms with Gasteiger partial charge in [-0.15, -0.1) is 0 Å². The van der Waals surface area contributed by atoms with Crippen molar-refractivity contribution in [1.29, 1.82) is 0 Å². The number of carbonyl (C=O) groups excluding carboxylic acids is 2. The average Bonchev–Trinajstić information content (AvgIpc) is 2.73. The highest BCUT2D eigenvalue weighted by Gasteiger charge is 2.37. The first-order chi connectivity index (χ1) is 15.6. The van der Waals surface area contributed by atoms with Crippen LogP contribution in [0.1, 0.15) is 40.3 Å². The van der Waals surface area contributed by atoms with E-state index < -0.39 is 41.0 Å². The van der Waals surface area contributed by atoms with Crippen LogP contribution >= 0.6 is 0 Å². The summed E-state index contributed by atoms with van der Waals surface area (Å²) in [7, 11) is 0. The van der Waals surface area contributed by atoms with Crippen LogP contribution in [0.2, 0.25) is 0 Å². The monoisotopic (exact) mass is 487 g/mol. The summed E-state index contributed by atoms with van der Waals surface area (Å²) in [6, 6.07) is 0.811. The van der Waals surface area contributed by atoms with Gasteiger partial charge in [0.05, 0.1) is 16.7 Å². The Morgan fingerprint density at radius 2 is 1.47 bits per heavy atom. The van der Waals surface area contributed by atoms with Crippen LogP contribution in [0.15, 0.2) is 23.8 Å². The number of hydrogen-bond acceptors (Lipinski definition) is 4. The molecule has 2 aromatic carbocycles. The summed E-state index contributed by atoms with van der Waals surface area (Å²) < 4.78 is 89.5. The lowest BCUT2D eigenvalue weighted by atomic mass is 9.94. The van der Waals surface area contributed by atoms with Gasteiger partial charge in [0.1, 0.15) is 18.1 Å². The van der Waals surface area contributed by atoms with E-state index in [2.05, 4.69) is 5.32 Å². The first kappa shape index (κ1) is 25.1. The first-order valence-corrected chi connectivity index (χ1v) is 9.86. The van der Waals surface area contributed by atoms with Crippen LogP contribution in [0.4, 0.5) is 32.0 Å². The van der Waals surface area contributed by atoms with Gasteiger partial charge in [-0.25, -0.2) is 0 Å². The van der Waals surface area contributed by atoms with Crippen LogP contribution in [-0.4, -0.2) is 18.5 Å². The summed E-state index contributed by atoms with van der Waals surface area (Å²) in [5, 5.41) is 2.09. The highest BCUT2D eigenvalue weighted by Crippen LogP contribution is 2.42. The van der Waals surface area contributed by atoms with Crippen molar-refractivity contribution in [2.45, 2.75) is 40.0 Å². The maximum absolute atomic E-state index is 13.1. The number of hydrogen-bond donors (Lipinski definition) is 1. The van der Waals surface area contributed by atoms with Crippen molar-refractivity contribution in [2.24, 2.45) is 0 Å². The van der Waals surface area contributed by atoms with E-state index >= 15 is 0 Å². The van der Waals surface area contributed by atoms with Gasteiger partial charge < -0.3 is 14.8 Å². The van der Waals surface area contributed by atoms with E-state index in [1.807, 2.05) is 0 Å². The molecule has 182 valence electrons. The fourth-order valence-corrected chi connectivity index (χ4v) is 3.51. The number of amides is 1. The number of anilines is 1. The average molecular weight is 487 g/mol. The normalized spacial score (nSPS) is 13.5. The van der Waals surface area contributed by atoms with Crippen LogP contribution in [0.25, 0.3) is 6.08 Å². The van der Waals surface area contributed by atoms with Gasteiger partial charge in [0.15, 0.2) is 0 Å². The quantitative estimate of drug-likeness (QED) is 0.328. The number of carbonyl (C=O) groups is 2. The van der Waals surface area contributed by atoms with Gasteiger partial charge in [0.25, 0.3) is 5.91 Å². The van der Waals surface area contributed by atoms with Gasteiger partial charge in [-0.1, -0.05) is 0 Å². The van der Waals surface area contributed by atoms with Crippen LogP contribution in [0.5, 0.6) is 11.5 Å². The van der Waals surface area contributed by atoms with Crippen molar-refractivity contribution in [1.82, 2.24) is 0 Å². The Labute approximate surface area is 190 Å². The summed E-state index contributed by atoms with van der Waals surface area (Å²) in [6.07, 6.45) is -8.69. The molecular formula is C23H19F6NO4. The van der Waals surface area contributed by atoms with Gasteiger partial charge in [-0.05, 0) is 56.2 Å². The summed E-state index contributed by atoms with van der Waals surface area (Å²) in [4.78, 5) is 24.2. The van der Waals surface area contributed by atoms with Crippen molar-refractivity contribution in [2.75, 3.05) is 11.9 Å². The number of benzene rings is 2. The number of esters is 1. The second kappa shape index (κ2) is 8.69. The van der Waals surface area contributed by atoms with Gasteiger partial charge in [-0.3, -0.25) is 9.59 Å². The number of rotatable bonds is 3. The first-order valence-electron chi connectivity index (χ1n) is 9.86. The fraction of sp³-hybridized carbons (Fsp3) is 0.304. The fourth-order valence-electron chi connectivity index (χ4n) is 3.51. The number of nitrogens with one attached hydrogen (secondary N) is 1. The Morgan fingerprint density at radius 1 is 0.912 bits per heavy atom. The van der Waals surface area contributed by atoms with E-state index in [-0.39, 0.29) is 24.0 Å². The molecule has 1 amide bonds. The van der Waals surface area contributed by atoms with Crippen LogP contribution in [0.3, 0.4) is 0 Å². The molecule has 0 aliphatic carbocycles. The minimum Gasteiger partial charge on any atom is -0.488 e. The number of halogens is 6. The van der Waals surface area contributed by atoms with Crippen LogP contribution in [0, 0.1) is 20.8 Å². The molecule has 1 aliphatic heterocycles. The minimum atomic E-state index is -5.05. The summed E-state index contributed by atoms with van der Waals surface area (Å²) in [5.74, 6) is -0.794. The van der Waals surface area contributed by atoms with Crippen molar-refractivity contribution in [3.8, 4) is 11.5 Å². The third-order valence-corrected chi connectivity index (χ3v) is 5.31. The molecule has 1 N–H and O–H groups in total. The lowest BCUT2D eigenvalue weighted by Crippen LogP contribution is -2.23. The predicted molar refractivity (Wildman–Crippen MR) is 111 cm³/mol. The molecule has 3 rings (SSSR count). The molecule has 11 heteroatoms. The molecule has 1 heterocycles. The molecule has 1 aliphatic rings. The Balaban J connectivity index is 2.01. The van der Waals surface area contributed by atoms with E-state index in [1.54, 1.807) is 20.8 Å². The van der Waals surface area contributed by atoms with E-state index in [0.29, 0.717) is 40.1 Å². The van der Waals surface area contributed by atoms with Crippen LogP contribution in [-0.2, 0) is 21.9 Å². The Kier molecular flexibility index (Phi) is 6.43. The van der Waals surface area contributed by atoms with Crippen LogP contribution < -0.4 is 14.8 Å². The molecule has 5 nitrogen and oxygen atoms in total. The lowest BCUT2D eigenvalue weighted by molar-refractivity contribution is -0.143. The zero-order valence-corrected chi connectivity index (χ0v) is 18.4. The summed E-state index contributed by atoms with van der Waals surface area (Å²) in [6.45, 7) is 6.04. The van der Waals surface area contributed by atoms with E-state index in [0.717, 1.165) is 0 Å². The predicted octanol–water partition coefficient (Wildman–Crippen LogP) is 5.99. The highest BCUT2D eigenvalue weighted by atomic mass is 19.4. The molecule has 0 unspecified atom stereocenters. The smallest absolute Gasteiger partial charge is 0.416 e. The van der Waals surface area contributed by atoms with Gasteiger partial charge in [0.2, 0.25) is 0 Å². The van der Waals surface area contributed by atoms with Crippen molar-refractivity contribution >= 4 is 23.6 Å². The van der Waals surface area contributed by atoms with E-state index in [1.165, 1.54) is 13.0 Å². The number of fused-ring (bicyclic) bond motifs is 1. The Morgan fingerprint density at radius 3 is 1.97 bits per heavy atom. The Bertz CT molecular complexity index is 1180. The second-order valence-electron chi connectivity index (χ2n) is 7.75. The van der Waals surface area contributed by atoms with Crippen molar-refractivity contribution in [3.63, 3.8) is 0 Å². The standard InChI is InChI=1S/C23H19F6NO4/c1-10-11(2)20-18(12(3)19(10)34-13(4)31)5-14(9-33-20)21(32)30-17-7-15(22(24,25)26)6-16(8-17)23(27,28)29/h5-8H,9H2,1-4H3,(H,30,32). The van der Waals surface area contributed by atoms with E-state index in [9.17, 15) is 35.9 Å². The largest absolute Gasteiger partial charge is 0.488 e. The molecule has 0 atom stereocenters. The molecule has 0 spiro atoms. The summed E-state index contributed by atoms with van der Waals surface area (Å²) in [5.41, 5.74) is -1.62. The van der Waals surface area contributed by atoms with Gasteiger partial charge in [-0.2, -0.15) is 26.3 Å². The molecule has 34 heavy (non-hydrogen) atoms. The summed E-state index contributed by atoms with van der Waals surface area (Å²) >= 11 is 0. The molecule has 0 bridgehead atoms. The zero-order chi connectivity index (χ0) is 25.6. The molecule has 0 radical (unpaired) electrons. The maximum Gasteiger partial charge on any atom is 0.416 e. The molecule has 0 fully saturated rings. The zero-order valence-electron chi connectivity index (χ0n) is 18.4. The molecule has 0 saturated heterocycles. The maximum atomic E-state index is 13.1. The van der Waals surface area contributed by atoms with E-state index in [4.69, 9.17) is 9.47 Å². The third kappa shape index (κ3) is 5.02. The number of ether oxygens (including phenoxy) is 2. The third-order valence-electron chi connectivity index (χ3n) is 5.31. The number of alkyl halides is 6.